The van der Waals surface area contributed by atoms with Gasteiger partial charge in [0.2, 0.25) is 0 Å². The fourth-order valence-corrected chi connectivity index (χ4v) is 0.462. The molecule has 0 atom stereocenters. The smallest absolute Gasteiger partial charge is 0.389 e. The first kappa shape index (κ1) is 7.97. The monoisotopic (exact) mass is 142 g/mol. The molecule has 8 heavy (non-hydrogen) atoms. The Morgan fingerprint density at radius 3 is 2.12 bits per heavy atom. The van der Waals surface area contributed by atoms with Gasteiger partial charge in [-0.2, -0.15) is 13.2 Å². The second kappa shape index (κ2) is 3.08. The standard InChI is InChI=1S/C3H5F3OSi/c1-2-7-8-3(4,5)6/h2H2,1H3. The van der Waals surface area contributed by atoms with Gasteiger partial charge in [0.1, 0.15) is 0 Å². The summed E-state index contributed by atoms with van der Waals surface area (Å²) >= 11 is 0. The number of halogens is 3. The Kier molecular flexibility index (Phi) is 3.07. The average molecular weight is 142 g/mol. The van der Waals surface area contributed by atoms with E-state index in [1.54, 1.807) is 0 Å². The maximum absolute atomic E-state index is 11.1. The molecule has 0 aromatic carbocycles. The molecule has 0 aliphatic heterocycles. The predicted octanol–water partition coefficient (Wildman–Crippen LogP) is 1.16. The van der Waals surface area contributed by atoms with Gasteiger partial charge in [0.25, 0.3) is 0 Å². The maximum Gasteiger partial charge on any atom is 0.389 e. The van der Waals surface area contributed by atoms with E-state index in [1.807, 2.05) is 0 Å². The van der Waals surface area contributed by atoms with Crippen LogP contribution in [0.15, 0.2) is 0 Å². The van der Waals surface area contributed by atoms with Crippen molar-refractivity contribution in [3.63, 3.8) is 0 Å². The molecule has 0 N–H and O–H groups in total. The molecule has 0 fully saturated rings. The fraction of sp³-hybridized carbons (Fsp3) is 1.00. The Bertz CT molecular complexity index is 62.0. The Balaban J connectivity index is 3.11. The highest BCUT2D eigenvalue weighted by Gasteiger charge is 2.29. The van der Waals surface area contributed by atoms with Crippen LogP contribution < -0.4 is 0 Å². The van der Waals surface area contributed by atoms with E-state index in [2.05, 4.69) is 4.43 Å². The highest BCUT2D eigenvalue weighted by Crippen LogP contribution is 2.11. The third kappa shape index (κ3) is 5.97. The van der Waals surface area contributed by atoms with Crippen LogP contribution in [0.2, 0.25) is 0 Å². The molecule has 0 aliphatic rings. The van der Waals surface area contributed by atoms with E-state index in [0.29, 0.717) is 0 Å². The van der Waals surface area contributed by atoms with Gasteiger partial charge in [0.05, 0.1) is 0 Å². The molecule has 0 aromatic heterocycles. The van der Waals surface area contributed by atoms with Gasteiger partial charge in [-0.3, -0.25) is 0 Å². The van der Waals surface area contributed by atoms with Gasteiger partial charge in [0, 0.05) is 6.61 Å². The van der Waals surface area contributed by atoms with Crippen LogP contribution in [0.25, 0.3) is 0 Å². The molecule has 0 aliphatic carbocycles. The minimum Gasteiger partial charge on any atom is -0.410 e. The van der Waals surface area contributed by atoms with E-state index in [0.717, 1.165) is 0 Å². The Morgan fingerprint density at radius 2 is 2.00 bits per heavy atom. The summed E-state index contributed by atoms with van der Waals surface area (Å²) in [5.41, 5.74) is 0. The van der Waals surface area contributed by atoms with Crippen molar-refractivity contribution in [3.05, 3.63) is 0 Å². The van der Waals surface area contributed by atoms with Crippen LogP contribution in [0, 0.1) is 0 Å². The molecule has 0 unspecified atom stereocenters. The molecule has 0 spiro atoms. The average Bonchev–Trinajstić information content (AvgIpc) is 1.59. The minimum absolute atomic E-state index is 0.123. The van der Waals surface area contributed by atoms with Gasteiger partial charge in [-0.25, -0.2) is 0 Å². The van der Waals surface area contributed by atoms with Crippen molar-refractivity contribution >= 4 is 9.76 Å². The predicted molar refractivity (Wildman–Crippen MR) is 23.4 cm³/mol. The number of hydrogen-bond acceptors (Lipinski definition) is 1. The van der Waals surface area contributed by atoms with Crippen molar-refractivity contribution in [2.75, 3.05) is 6.61 Å². The molecule has 0 rings (SSSR count). The van der Waals surface area contributed by atoms with Gasteiger partial charge in [0.15, 0.2) is 0 Å². The van der Waals surface area contributed by atoms with Crippen LogP contribution >= 0.6 is 0 Å². The summed E-state index contributed by atoms with van der Waals surface area (Å²) < 4.78 is 37.5. The summed E-state index contributed by atoms with van der Waals surface area (Å²) in [6, 6.07) is 0. The number of rotatable bonds is 2. The van der Waals surface area contributed by atoms with Gasteiger partial charge in [-0.05, 0) is 6.92 Å². The second-order valence-electron chi connectivity index (χ2n) is 1.03. The zero-order valence-electron chi connectivity index (χ0n) is 4.25. The van der Waals surface area contributed by atoms with E-state index >= 15 is 0 Å². The Hall–Kier alpha value is -0.0331. The Morgan fingerprint density at radius 1 is 1.50 bits per heavy atom. The second-order valence-corrected chi connectivity index (χ2v) is 2.09. The lowest BCUT2D eigenvalue weighted by Gasteiger charge is -2.01. The molecular weight excluding hydrogens is 137 g/mol. The molecule has 0 aromatic rings. The van der Waals surface area contributed by atoms with Crippen LogP contribution in [0.4, 0.5) is 13.2 Å². The zero-order chi connectivity index (χ0) is 6.62. The van der Waals surface area contributed by atoms with E-state index in [-0.39, 0.29) is 6.61 Å². The molecule has 0 saturated heterocycles. The first-order valence-corrected chi connectivity index (χ1v) is 2.93. The van der Waals surface area contributed by atoms with Crippen LogP contribution in [-0.4, -0.2) is 22.2 Å². The third-order valence-electron chi connectivity index (χ3n) is 0.332. The zero-order valence-corrected chi connectivity index (χ0v) is 5.25. The molecule has 48 valence electrons. The van der Waals surface area contributed by atoms with Gasteiger partial charge in [-0.1, -0.05) is 0 Å². The fourth-order valence-electron chi connectivity index (χ4n) is 0.154. The first-order chi connectivity index (χ1) is 3.56. The summed E-state index contributed by atoms with van der Waals surface area (Å²) in [5.74, 6) is -4.14. The SMILES string of the molecule is CCO[Si]C(F)(F)F. The minimum atomic E-state index is -4.14. The van der Waals surface area contributed by atoms with Crippen molar-refractivity contribution in [3.8, 4) is 0 Å². The van der Waals surface area contributed by atoms with Gasteiger partial charge < -0.3 is 4.43 Å². The van der Waals surface area contributed by atoms with E-state index in [4.69, 9.17) is 0 Å². The number of hydrogen-bond donors (Lipinski definition) is 0. The molecule has 0 heterocycles. The Labute approximate surface area is 47.8 Å². The van der Waals surface area contributed by atoms with Crippen molar-refractivity contribution in [1.82, 2.24) is 0 Å². The van der Waals surface area contributed by atoms with Crippen molar-refractivity contribution in [2.24, 2.45) is 0 Å². The topological polar surface area (TPSA) is 9.23 Å². The number of alkyl halides is 3. The largest absolute Gasteiger partial charge is 0.410 e. The molecular formula is C3H5F3OSi. The molecule has 0 amide bonds. The molecule has 0 saturated carbocycles. The summed E-state index contributed by atoms with van der Waals surface area (Å²) in [7, 11) is -1.36. The van der Waals surface area contributed by atoms with Crippen molar-refractivity contribution in [1.29, 1.82) is 0 Å². The summed E-state index contributed by atoms with van der Waals surface area (Å²) in [6.45, 7) is 1.65. The normalized spacial score (nSPS) is 12.0. The molecule has 5 heteroatoms. The summed E-state index contributed by atoms with van der Waals surface area (Å²) in [6.07, 6.45) is 0. The lowest BCUT2D eigenvalue weighted by molar-refractivity contribution is -0.0592. The van der Waals surface area contributed by atoms with E-state index < -0.39 is 15.6 Å². The van der Waals surface area contributed by atoms with Gasteiger partial charge >= 0.3 is 15.6 Å². The maximum atomic E-state index is 11.1. The van der Waals surface area contributed by atoms with Crippen molar-refractivity contribution < 1.29 is 17.6 Å². The van der Waals surface area contributed by atoms with Crippen LogP contribution in [-0.2, 0) is 4.43 Å². The molecule has 0 bridgehead atoms. The lowest BCUT2D eigenvalue weighted by Crippen LogP contribution is -2.21. The highest BCUT2D eigenvalue weighted by atomic mass is 28.2. The lowest BCUT2D eigenvalue weighted by atomic mass is 10.9. The third-order valence-corrected chi connectivity index (χ3v) is 0.997. The van der Waals surface area contributed by atoms with Crippen LogP contribution in [0.1, 0.15) is 6.92 Å². The summed E-state index contributed by atoms with van der Waals surface area (Å²) in [4.78, 5) is 0. The van der Waals surface area contributed by atoms with Gasteiger partial charge in [-0.15, -0.1) is 0 Å². The van der Waals surface area contributed by atoms with Crippen LogP contribution in [0.5, 0.6) is 0 Å². The van der Waals surface area contributed by atoms with Crippen LogP contribution in [0.3, 0.4) is 0 Å². The molecule has 2 radical (unpaired) electrons. The van der Waals surface area contributed by atoms with Crippen molar-refractivity contribution in [2.45, 2.75) is 12.7 Å². The highest BCUT2D eigenvalue weighted by molar-refractivity contribution is 6.29. The van der Waals surface area contributed by atoms with E-state index in [9.17, 15) is 13.2 Å². The molecule has 1 nitrogen and oxygen atoms in total. The quantitative estimate of drug-likeness (QED) is 0.526. The first-order valence-electron chi connectivity index (χ1n) is 2.02. The van der Waals surface area contributed by atoms with E-state index in [1.165, 1.54) is 6.92 Å². The summed E-state index contributed by atoms with van der Waals surface area (Å²) in [5, 5.41) is 0.